The third-order valence-corrected chi connectivity index (χ3v) is 2.91. The molecule has 0 bridgehead atoms. The predicted molar refractivity (Wildman–Crippen MR) is 66.9 cm³/mol. The molecule has 0 aliphatic heterocycles. The van der Waals surface area contributed by atoms with Crippen molar-refractivity contribution in [3.8, 4) is 0 Å². The van der Waals surface area contributed by atoms with Crippen LogP contribution in [0.2, 0.25) is 0 Å². The van der Waals surface area contributed by atoms with Gasteiger partial charge in [-0.15, -0.1) is 0 Å². The fourth-order valence-electron chi connectivity index (χ4n) is 0.778. The number of thiophene rings is 1. The summed E-state index contributed by atoms with van der Waals surface area (Å²) in [5.41, 5.74) is 1.06. The predicted octanol–water partition coefficient (Wildman–Crippen LogP) is 2.40. The number of hydrogen-bond acceptors (Lipinski definition) is 3. The molecule has 0 amide bonds. The Hall–Kier alpha value is -0.260. The quantitative estimate of drug-likeness (QED) is 0.615. The molecule has 2 N–H and O–H groups in total. The Morgan fingerprint density at radius 2 is 2.54 bits per heavy atom. The van der Waals surface area contributed by atoms with Crippen LogP contribution in [0.4, 0.5) is 5.69 Å². The van der Waals surface area contributed by atoms with Gasteiger partial charge in [0.1, 0.15) is 0 Å². The van der Waals surface area contributed by atoms with Crippen LogP contribution >= 0.6 is 35.3 Å². The summed E-state index contributed by atoms with van der Waals surface area (Å²) in [4.78, 5) is 0. The molecule has 0 aliphatic rings. The Balaban J connectivity index is 2.18. The molecule has 0 saturated heterocycles. The first-order valence-electron chi connectivity index (χ1n) is 3.89. The lowest BCUT2D eigenvalue weighted by Gasteiger charge is -2.07. The van der Waals surface area contributed by atoms with E-state index in [1.165, 1.54) is 0 Å². The van der Waals surface area contributed by atoms with E-state index in [0.29, 0.717) is 5.11 Å². The molecule has 1 rings (SSSR count). The lowest BCUT2D eigenvalue weighted by Crippen LogP contribution is -2.29. The van der Waals surface area contributed by atoms with E-state index in [9.17, 15) is 0 Å². The van der Waals surface area contributed by atoms with Crippen LogP contribution in [0, 0.1) is 0 Å². The molecule has 0 saturated carbocycles. The van der Waals surface area contributed by atoms with Gasteiger partial charge < -0.3 is 10.6 Å². The number of rotatable bonds is 4. The van der Waals surface area contributed by atoms with Crippen LogP contribution in [-0.4, -0.2) is 23.7 Å². The summed E-state index contributed by atoms with van der Waals surface area (Å²) in [6.45, 7) is 0.914. The van der Waals surface area contributed by atoms with Crippen LogP contribution < -0.4 is 10.6 Å². The van der Waals surface area contributed by atoms with Crippen molar-refractivity contribution >= 4 is 46.1 Å². The molecule has 0 aliphatic carbocycles. The molecule has 1 aromatic rings. The first-order chi connectivity index (χ1) is 6.33. The fourth-order valence-corrected chi connectivity index (χ4v) is 1.89. The molecule has 0 aromatic carbocycles. The third-order valence-electron chi connectivity index (χ3n) is 1.37. The zero-order valence-corrected chi connectivity index (χ0v) is 9.82. The molecule has 0 spiro atoms. The lowest BCUT2D eigenvalue weighted by molar-refractivity contribution is 0.992. The zero-order valence-electron chi connectivity index (χ0n) is 7.37. The molecule has 13 heavy (non-hydrogen) atoms. The number of nitrogens with one attached hydrogen (secondary N) is 2. The van der Waals surface area contributed by atoms with E-state index in [2.05, 4.69) is 16.9 Å². The Morgan fingerprint density at radius 1 is 1.69 bits per heavy atom. The molecule has 1 aromatic heterocycles. The van der Waals surface area contributed by atoms with Crippen LogP contribution in [0.3, 0.4) is 0 Å². The SMILES string of the molecule is CSCCNC(=S)Nc1ccsc1. The topological polar surface area (TPSA) is 24.1 Å². The smallest absolute Gasteiger partial charge is 0.170 e. The Kier molecular flexibility index (Phi) is 5.19. The Morgan fingerprint density at radius 3 is 3.15 bits per heavy atom. The van der Waals surface area contributed by atoms with Crippen LogP contribution in [0.25, 0.3) is 0 Å². The maximum Gasteiger partial charge on any atom is 0.170 e. The highest BCUT2D eigenvalue weighted by atomic mass is 32.2. The van der Waals surface area contributed by atoms with Crippen molar-refractivity contribution in [1.29, 1.82) is 0 Å². The highest BCUT2D eigenvalue weighted by Crippen LogP contribution is 2.11. The van der Waals surface area contributed by atoms with Crippen molar-refractivity contribution in [2.45, 2.75) is 0 Å². The second kappa shape index (κ2) is 6.23. The lowest BCUT2D eigenvalue weighted by atomic mass is 10.5. The van der Waals surface area contributed by atoms with E-state index < -0.39 is 0 Å². The third kappa shape index (κ3) is 4.50. The number of hydrogen-bond donors (Lipinski definition) is 2. The monoisotopic (exact) mass is 232 g/mol. The molecular formula is C8H12N2S3. The fraction of sp³-hybridized carbons (Fsp3) is 0.375. The highest BCUT2D eigenvalue weighted by molar-refractivity contribution is 7.98. The molecular weight excluding hydrogens is 220 g/mol. The van der Waals surface area contributed by atoms with Gasteiger partial charge in [0.25, 0.3) is 0 Å². The highest BCUT2D eigenvalue weighted by Gasteiger charge is 1.95. The largest absolute Gasteiger partial charge is 0.362 e. The normalized spacial score (nSPS) is 9.62. The van der Waals surface area contributed by atoms with Crippen LogP contribution in [-0.2, 0) is 0 Å². The van der Waals surface area contributed by atoms with E-state index in [4.69, 9.17) is 12.2 Å². The van der Waals surface area contributed by atoms with Crippen molar-refractivity contribution in [2.24, 2.45) is 0 Å². The molecule has 2 nitrogen and oxygen atoms in total. The Bertz CT molecular complexity index is 246. The van der Waals surface area contributed by atoms with E-state index in [1.807, 2.05) is 16.8 Å². The molecule has 72 valence electrons. The minimum absolute atomic E-state index is 0.701. The Labute approximate surface area is 92.1 Å². The number of thiocarbonyl (C=S) groups is 1. The molecule has 0 fully saturated rings. The first kappa shape index (κ1) is 10.8. The number of anilines is 1. The summed E-state index contributed by atoms with van der Waals surface area (Å²) in [7, 11) is 0. The van der Waals surface area contributed by atoms with Gasteiger partial charge in [0.05, 0.1) is 5.69 Å². The average Bonchev–Trinajstić information content (AvgIpc) is 2.57. The van der Waals surface area contributed by atoms with Crippen LogP contribution in [0.5, 0.6) is 0 Å². The van der Waals surface area contributed by atoms with Crippen LogP contribution in [0.1, 0.15) is 0 Å². The van der Waals surface area contributed by atoms with Crippen LogP contribution in [0.15, 0.2) is 16.8 Å². The van der Waals surface area contributed by atoms with Gasteiger partial charge in [0.2, 0.25) is 0 Å². The maximum atomic E-state index is 5.09. The molecule has 0 atom stereocenters. The van der Waals surface area contributed by atoms with Gasteiger partial charge >= 0.3 is 0 Å². The van der Waals surface area contributed by atoms with Crippen molar-refractivity contribution in [3.05, 3.63) is 16.8 Å². The van der Waals surface area contributed by atoms with Gasteiger partial charge in [-0.05, 0) is 29.9 Å². The second-order valence-electron chi connectivity index (χ2n) is 2.39. The summed E-state index contributed by atoms with van der Waals surface area (Å²) < 4.78 is 0. The van der Waals surface area contributed by atoms with Crippen molar-refractivity contribution in [2.75, 3.05) is 23.9 Å². The van der Waals surface area contributed by atoms with Crippen molar-refractivity contribution in [3.63, 3.8) is 0 Å². The summed E-state index contributed by atoms with van der Waals surface area (Å²) in [5, 5.41) is 11.0. The molecule has 0 unspecified atom stereocenters. The molecule has 1 heterocycles. The van der Waals surface area contributed by atoms with Crippen molar-refractivity contribution in [1.82, 2.24) is 5.32 Å². The zero-order chi connectivity index (χ0) is 9.52. The van der Waals surface area contributed by atoms with Gasteiger partial charge in [0.15, 0.2) is 5.11 Å². The van der Waals surface area contributed by atoms with E-state index in [0.717, 1.165) is 18.0 Å². The molecule has 0 radical (unpaired) electrons. The average molecular weight is 232 g/mol. The summed E-state index contributed by atoms with van der Waals surface area (Å²) in [6.07, 6.45) is 2.08. The maximum absolute atomic E-state index is 5.09. The minimum Gasteiger partial charge on any atom is -0.362 e. The number of thioether (sulfide) groups is 1. The molecule has 5 heteroatoms. The van der Waals surface area contributed by atoms with E-state index in [-0.39, 0.29) is 0 Å². The van der Waals surface area contributed by atoms with Gasteiger partial charge in [-0.3, -0.25) is 0 Å². The van der Waals surface area contributed by atoms with Gasteiger partial charge in [-0.2, -0.15) is 23.1 Å². The van der Waals surface area contributed by atoms with Gasteiger partial charge in [0, 0.05) is 17.7 Å². The van der Waals surface area contributed by atoms with Crippen molar-refractivity contribution < 1.29 is 0 Å². The van der Waals surface area contributed by atoms with Gasteiger partial charge in [-0.1, -0.05) is 0 Å². The standard InChI is InChI=1S/C8H12N2S3/c1-12-5-3-9-8(11)10-7-2-4-13-6-7/h2,4,6H,3,5H2,1H3,(H2,9,10,11). The first-order valence-corrected chi connectivity index (χ1v) is 6.63. The summed E-state index contributed by atoms with van der Waals surface area (Å²) in [6, 6.07) is 2.01. The van der Waals surface area contributed by atoms with E-state index in [1.54, 1.807) is 23.1 Å². The van der Waals surface area contributed by atoms with E-state index >= 15 is 0 Å². The summed E-state index contributed by atoms with van der Waals surface area (Å²) >= 11 is 8.55. The summed E-state index contributed by atoms with van der Waals surface area (Å²) in [5.74, 6) is 1.07. The second-order valence-corrected chi connectivity index (χ2v) is 4.56. The van der Waals surface area contributed by atoms with Gasteiger partial charge in [-0.25, -0.2) is 0 Å². The minimum atomic E-state index is 0.701.